The standard InChI is InChI=1S/C26H20N2O/c1-13-5-7-15-17-9-11-19-24-20(26(29)28(4)25(19)27-3)12-10-18(23(17)24)16-8-6-14(2)21(13)22(15)16/h5-12H,1-4H3. The molecule has 5 aromatic rings. The van der Waals surface area contributed by atoms with Gasteiger partial charge in [0.1, 0.15) is 5.84 Å². The molecule has 0 unspecified atom stereocenters. The summed E-state index contributed by atoms with van der Waals surface area (Å²) in [5.41, 5.74) is 4.39. The van der Waals surface area contributed by atoms with Crippen LogP contribution < -0.4 is 0 Å². The number of carbonyl (C=O) groups is 1. The molecule has 1 amide bonds. The van der Waals surface area contributed by atoms with Gasteiger partial charge in [0.25, 0.3) is 5.91 Å². The van der Waals surface area contributed by atoms with Crippen LogP contribution >= 0.6 is 0 Å². The Labute approximate surface area is 168 Å². The van der Waals surface area contributed by atoms with Crippen LogP contribution in [-0.2, 0) is 0 Å². The number of nitrogens with zero attached hydrogens (tertiary/aromatic N) is 2. The predicted octanol–water partition coefficient (Wildman–Crippen LogP) is 5.82. The second kappa shape index (κ2) is 5.32. The molecule has 0 bridgehead atoms. The highest BCUT2D eigenvalue weighted by Crippen LogP contribution is 2.44. The van der Waals surface area contributed by atoms with Crippen molar-refractivity contribution in [1.29, 1.82) is 0 Å². The fourth-order valence-electron chi connectivity index (χ4n) is 5.36. The van der Waals surface area contributed by atoms with Gasteiger partial charge in [0.05, 0.1) is 0 Å². The molecule has 0 aromatic heterocycles. The molecule has 29 heavy (non-hydrogen) atoms. The molecule has 1 heterocycles. The number of carbonyl (C=O) groups excluding carboxylic acids is 1. The fourth-order valence-corrected chi connectivity index (χ4v) is 5.36. The van der Waals surface area contributed by atoms with Crippen molar-refractivity contribution in [1.82, 2.24) is 4.90 Å². The minimum atomic E-state index is 0.00514. The van der Waals surface area contributed by atoms with Crippen molar-refractivity contribution in [3.63, 3.8) is 0 Å². The lowest BCUT2D eigenvalue weighted by Crippen LogP contribution is -2.37. The van der Waals surface area contributed by atoms with Crippen LogP contribution in [0.25, 0.3) is 43.1 Å². The molecule has 140 valence electrons. The van der Waals surface area contributed by atoms with E-state index in [1.165, 1.54) is 48.8 Å². The summed E-state index contributed by atoms with van der Waals surface area (Å²) in [5.74, 6) is 0.737. The summed E-state index contributed by atoms with van der Waals surface area (Å²) in [6, 6.07) is 17.3. The molecule has 0 aliphatic carbocycles. The van der Waals surface area contributed by atoms with Gasteiger partial charge in [-0.05, 0) is 74.8 Å². The summed E-state index contributed by atoms with van der Waals surface area (Å²) in [6.45, 7) is 4.37. The van der Waals surface area contributed by atoms with E-state index in [1.807, 2.05) is 6.07 Å². The van der Waals surface area contributed by atoms with E-state index in [0.717, 1.165) is 22.3 Å². The van der Waals surface area contributed by atoms with Crippen LogP contribution in [0.5, 0.6) is 0 Å². The molecule has 3 nitrogen and oxygen atoms in total. The normalized spacial score (nSPS) is 15.7. The Hall–Kier alpha value is -3.46. The number of aryl methyl sites for hydroxylation is 2. The van der Waals surface area contributed by atoms with Gasteiger partial charge in [0.2, 0.25) is 0 Å². The van der Waals surface area contributed by atoms with Crippen molar-refractivity contribution in [2.75, 3.05) is 14.1 Å². The van der Waals surface area contributed by atoms with Gasteiger partial charge in [-0.25, -0.2) is 0 Å². The zero-order valence-electron chi connectivity index (χ0n) is 16.9. The molecule has 5 aromatic carbocycles. The Balaban J connectivity index is 1.97. The molecule has 0 atom stereocenters. The molecule has 0 fully saturated rings. The molecule has 3 heteroatoms. The van der Waals surface area contributed by atoms with Crippen molar-refractivity contribution in [2.24, 2.45) is 4.99 Å². The lowest BCUT2D eigenvalue weighted by atomic mass is 9.83. The van der Waals surface area contributed by atoms with Gasteiger partial charge in [-0.3, -0.25) is 14.7 Å². The molecule has 0 saturated heterocycles. The van der Waals surface area contributed by atoms with Gasteiger partial charge in [-0.1, -0.05) is 36.4 Å². The summed E-state index contributed by atoms with van der Waals surface area (Å²) in [5, 5.41) is 9.78. The lowest BCUT2D eigenvalue weighted by molar-refractivity contribution is 0.0870. The minimum Gasteiger partial charge on any atom is -0.296 e. The lowest BCUT2D eigenvalue weighted by Gasteiger charge is -2.28. The molecule has 6 rings (SSSR count). The van der Waals surface area contributed by atoms with Crippen LogP contribution in [0.4, 0.5) is 0 Å². The number of amidine groups is 1. The van der Waals surface area contributed by atoms with Gasteiger partial charge >= 0.3 is 0 Å². The first-order valence-corrected chi connectivity index (χ1v) is 9.91. The van der Waals surface area contributed by atoms with E-state index in [-0.39, 0.29) is 5.91 Å². The van der Waals surface area contributed by atoms with Crippen LogP contribution in [0.1, 0.15) is 27.0 Å². The highest BCUT2D eigenvalue weighted by atomic mass is 16.2. The highest BCUT2D eigenvalue weighted by molar-refractivity contribution is 6.38. The number of rotatable bonds is 0. The molecule has 1 aliphatic rings. The monoisotopic (exact) mass is 376 g/mol. The second-order valence-electron chi connectivity index (χ2n) is 8.09. The van der Waals surface area contributed by atoms with E-state index in [4.69, 9.17) is 0 Å². The van der Waals surface area contributed by atoms with E-state index < -0.39 is 0 Å². The first-order valence-electron chi connectivity index (χ1n) is 9.91. The number of hydrogen-bond acceptors (Lipinski definition) is 2. The van der Waals surface area contributed by atoms with Gasteiger partial charge in [-0.2, -0.15) is 0 Å². The summed E-state index contributed by atoms with van der Waals surface area (Å²) in [6.07, 6.45) is 0. The number of amides is 1. The first-order chi connectivity index (χ1) is 14.0. The zero-order valence-corrected chi connectivity index (χ0v) is 16.9. The Morgan fingerprint density at radius 1 is 0.655 bits per heavy atom. The highest BCUT2D eigenvalue weighted by Gasteiger charge is 2.30. The van der Waals surface area contributed by atoms with E-state index in [0.29, 0.717) is 0 Å². The quantitative estimate of drug-likeness (QED) is 0.248. The van der Waals surface area contributed by atoms with Gasteiger partial charge < -0.3 is 0 Å². The van der Waals surface area contributed by atoms with Gasteiger partial charge in [-0.15, -0.1) is 0 Å². The molecular formula is C26H20N2O. The van der Waals surface area contributed by atoms with Crippen molar-refractivity contribution in [3.8, 4) is 0 Å². The molecule has 0 saturated carbocycles. The van der Waals surface area contributed by atoms with Crippen LogP contribution in [-0.4, -0.2) is 30.7 Å². The average molecular weight is 376 g/mol. The maximum Gasteiger partial charge on any atom is 0.259 e. The topological polar surface area (TPSA) is 32.7 Å². The Kier molecular flexibility index (Phi) is 3.03. The van der Waals surface area contributed by atoms with Crippen molar-refractivity contribution >= 4 is 54.8 Å². The fraction of sp³-hybridized carbons (Fsp3) is 0.154. The molecular weight excluding hydrogens is 356 g/mol. The maximum atomic E-state index is 13.1. The smallest absolute Gasteiger partial charge is 0.259 e. The molecule has 0 radical (unpaired) electrons. The molecule has 0 spiro atoms. The van der Waals surface area contributed by atoms with Crippen LogP contribution in [0.2, 0.25) is 0 Å². The number of aliphatic imine (C=N–C) groups is 1. The van der Waals surface area contributed by atoms with Crippen LogP contribution in [0.3, 0.4) is 0 Å². The minimum absolute atomic E-state index is 0.00514. The van der Waals surface area contributed by atoms with Crippen LogP contribution in [0, 0.1) is 13.8 Å². The van der Waals surface area contributed by atoms with E-state index in [1.54, 1.807) is 19.0 Å². The van der Waals surface area contributed by atoms with E-state index in [2.05, 4.69) is 61.3 Å². The van der Waals surface area contributed by atoms with Crippen molar-refractivity contribution in [3.05, 3.63) is 70.8 Å². The summed E-state index contributed by atoms with van der Waals surface area (Å²) in [4.78, 5) is 19.2. The SMILES string of the molecule is CN=C1c2ccc3c4ccc(C)c5c(C)ccc(c6ccc(c2c63)C(=O)N1C)c54. The van der Waals surface area contributed by atoms with Crippen LogP contribution in [0.15, 0.2) is 53.5 Å². The third kappa shape index (κ3) is 1.83. The van der Waals surface area contributed by atoms with E-state index in [9.17, 15) is 4.79 Å². The predicted molar refractivity (Wildman–Crippen MR) is 122 cm³/mol. The van der Waals surface area contributed by atoms with Gasteiger partial charge in [0, 0.05) is 30.6 Å². The number of benzene rings is 5. The summed E-state index contributed by atoms with van der Waals surface area (Å²) in [7, 11) is 3.55. The first kappa shape index (κ1) is 16.5. The summed E-state index contributed by atoms with van der Waals surface area (Å²) < 4.78 is 0. The Morgan fingerprint density at radius 2 is 1.14 bits per heavy atom. The third-order valence-corrected chi connectivity index (χ3v) is 6.62. The van der Waals surface area contributed by atoms with Crippen molar-refractivity contribution < 1.29 is 4.79 Å². The third-order valence-electron chi connectivity index (χ3n) is 6.62. The zero-order chi connectivity index (χ0) is 20.0. The number of hydrogen-bond donors (Lipinski definition) is 0. The molecule has 0 N–H and O–H groups in total. The molecule has 1 aliphatic heterocycles. The van der Waals surface area contributed by atoms with Crippen molar-refractivity contribution in [2.45, 2.75) is 13.8 Å². The van der Waals surface area contributed by atoms with E-state index >= 15 is 0 Å². The maximum absolute atomic E-state index is 13.1. The second-order valence-corrected chi connectivity index (χ2v) is 8.09. The Morgan fingerprint density at radius 3 is 1.69 bits per heavy atom. The van der Waals surface area contributed by atoms with Gasteiger partial charge in [0.15, 0.2) is 0 Å². The number of fused-ring (bicyclic) bond motifs is 2. The Bertz CT molecular complexity index is 1500. The average Bonchev–Trinajstić information content (AvgIpc) is 2.73. The summed E-state index contributed by atoms with van der Waals surface area (Å²) >= 11 is 0. The largest absolute Gasteiger partial charge is 0.296 e.